The summed E-state index contributed by atoms with van der Waals surface area (Å²) in [5.74, 6) is 0.410. The molecule has 9 heteroatoms. The monoisotopic (exact) mass is 385 g/mol. The maximum absolute atomic E-state index is 11.6. The van der Waals surface area contributed by atoms with Gasteiger partial charge in [-0.25, -0.2) is 4.98 Å². The molecule has 0 radical (unpaired) electrons. The van der Waals surface area contributed by atoms with Crippen molar-refractivity contribution in [2.75, 3.05) is 12.3 Å². The van der Waals surface area contributed by atoms with Crippen LogP contribution in [0.1, 0.15) is 26.3 Å². The van der Waals surface area contributed by atoms with Crippen LogP contribution in [0.3, 0.4) is 0 Å². The lowest BCUT2D eigenvalue weighted by Gasteiger charge is -2.33. The predicted molar refractivity (Wildman–Crippen MR) is 100 cm³/mol. The largest absolute Gasteiger partial charge is 0.530 e. The van der Waals surface area contributed by atoms with Crippen molar-refractivity contribution in [1.82, 2.24) is 9.88 Å². The van der Waals surface area contributed by atoms with E-state index in [4.69, 9.17) is 10.5 Å². The van der Waals surface area contributed by atoms with Crippen LogP contribution in [-0.2, 0) is 6.54 Å². The number of carbonyl (C=O) groups excluding carboxylic acids is 1. The standard InChI is InChI=1S/C19H22N4O5/c1-19(2,3)16-10-22(18(24)25)9-13-6-11(4-5-15(13)28-16)12-7-14(23(26)27)17(20)21-8-12/h4-8,16H,9-10H2,1-3H3,(H2,20,21)(H,24,25)/p-1. The molecule has 1 aliphatic rings. The highest BCUT2D eigenvalue weighted by atomic mass is 16.6. The van der Waals surface area contributed by atoms with Gasteiger partial charge >= 0.3 is 5.69 Å². The number of amides is 1. The number of nitrogens with zero attached hydrogens (tertiary/aromatic N) is 3. The van der Waals surface area contributed by atoms with Crippen LogP contribution in [0.2, 0.25) is 0 Å². The first-order valence-electron chi connectivity index (χ1n) is 8.72. The second-order valence-electron chi connectivity index (χ2n) is 7.83. The number of aromatic nitrogens is 1. The van der Waals surface area contributed by atoms with Crippen LogP contribution in [-0.4, -0.2) is 33.5 Å². The van der Waals surface area contributed by atoms with E-state index in [0.717, 1.165) is 0 Å². The Morgan fingerprint density at radius 1 is 1.32 bits per heavy atom. The van der Waals surface area contributed by atoms with E-state index in [1.165, 1.54) is 17.2 Å². The maximum atomic E-state index is 11.6. The van der Waals surface area contributed by atoms with Crippen molar-refractivity contribution >= 4 is 17.6 Å². The molecule has 2 heterocycles. The number of carbonyl (C=O) groups is 1. The van der Waals surface area contributed by atoms with Gasteiger partial charge in [0.25, 0.3) is 0 Å². The van der Waals surface area contributed by atoms with Gasteiger partial charge in [0.1, 0.15) is 17.9 Å². The summed E-state index contributed by atoms with van der Waals surface area (Å²) in [6.45, 7) is 6.21. The molecule has 1 amide bonds. The fourth-order valence-corrected chi connectivity index (χ4v) is 3.02. The number of benzene rings is 1. The van der Waals surface area contributed by atoms with E-state index in [9.17, 15) is 20.0 Å². The molecule has 0 saturated heterocycles. The van der Waals surface area contributed by atoms with Crippen molar-refractivity contribution in [3.8, 4) is 16.9 Å². The second-order valence-corrected chi connectivity index (χ2v) is 7.83. The van der Waals surface area contributed by atoms with Gasteiger partial charge < -0.3 is 25.3 Å². The molecular formula is C19H21N4O5-. The second kappa shape index (κ2) is 6.99. The van der Waals surface area contributed by atoms with E-state index in [0.29, 0.717) is 22.4 Å². The average molecular weight is 385 g/mol. The predicted octanol–water partition coefficient (Wildman–Crippen LogP) is 2.19. The Balaban J connectivity index is 2.04. The Morgan fingerprint density at radius 2 is 2.04 bits per heavy atom. The van der Waals surface area contributed by atoms with Crippen molar-refractivity contribution in [3.05, 3.63) is 46.1 Å². The fourth-order valence-electron chi connectivity index (χ4n) is 3.02. The number of nitrogen functional groups attached to an aromatic ring is 1. The van der Waals surface area contributed by atoms with E-state index < -0.39 is 11.0 Å². The highest BCUT2D eigenvalue weighted by molar-refractivity contribution is 5.71. The Bertz CT molecular complexity index is 938. The SMILES string of the molecule is CC(C)(C)C1CN(C(=O)[O-])Cc2cc(-c3cnc(N)c([N+](=O)[O-])c3)ccc2O1. The number of nitro groups is 1. The third kappa shape index (κ3) is 3.83. The van der Waals surface area contributed by atoms with Crippen LogP contribution in [0.15, 0.2) is 30.5 Å². The molecular weight excluding hydrogens is 364 g/mol. The first kappa shape index (κ1) is 19.4. The van der Waals surface area contributed by atoms with Crippen LogP contribution >= 0.6 is 0 Å². The van der Waals surface area contributed by atoms with Gasteiger partial charge in [0.15, 0.2) is 0 Å². The van der Waals surface area contributed by atoms with Crippen molar-refractivity contribution in [2.45, 2.75) is 33.4 Å². The minimum atomic E-state index is -1.28. The molecule has 0 saturated carbocycles. The lowest BCUT2D eigenvalue weighted by atomic mass is 9.88. The minimum Gasteiger partial charge on any atom is -0.530 e. The van der Waals surface area contributed by atoms with Crippen LogP contribution in [0.4, 0.5) is 16.3 Å². The average Bonchev–Trinajstić information content (AvgIpc) is 2.81. The van der Waals surface area contributed by atoms with Gasteiger partial charge in [0.2, 0.25) is 5.82 Å². The highest BCUT2D eigenvalue weighted by Crippen LogP contribution is 2.35. The quantitative estimate of drug-likeness (QED) is 0.618. The molecule has 1 atom stereocenters. The van der Waals surface area contributed by atoms with Crippen LogP contribution in [0.25, 0.3) is 11.1 Å². The first-order chi connectivity index (χ1) is 13.1. The zero-order valence-electron chi connectivity index (χ0n) is 15.8. The molecule has 0 aliphatic carbocycles. The number of hydrogen-bond acceptors (Lipinski definition) is 7. The number of pyridine rings is 1. The van der Waals surface area contributed by atoms with Gasteiger partial charge in [-0.1, -0.05) is 26.8 Å². The Morgan fingerprint density at radius 3 is 2.64 bits per heavy atom. The fraction of sp³-hybridized carbons (Fsp3) is 0.368. The van der Waals surface area contributed by atoms with Crippen LogP contribution < -0.4 is 15.6 Å². The van der Waals surface area contributed by atoms with Crippen molar-refractivity contribution in [1.29, 1.82) is 0 Å². The van der Waals surface area contributed by atoms with E-state index in [1.54, 1.807) is 18.2 Å². The van der Waals surface area contributed by atoms with Crippen LogP contribution in [0.5, 0.6) is 5.75 Å². The molecule has 2 aromatic rings. The molecule has 2 N–H and O–H groups in total. The third-order valence-electron chi connectivity index (χ3n) is 4.73. The number of fused-ring (bicyclic) bond motifs is 1. The molecule has 0 spiro atoms. The van der Waals surface area contributed by atoms with Gasteiger partial charge in [-0.2, -0.15) is 0 Å². The molecule has 1 aromatic heterocycles. The normalized spacial score (nSPS) is 16.7. The number of hydrogen-bond donors (Lipinski definition) is 1. The van der Waals surface area contributed by atoms with Gasteiger partial charge in [0, 0.05) is 35.3 Å². The number of anilines is 1. The van der Waals surface area contributed by atoms with E-state index in [1.807, 2.05) is 20.8 Å². The highest BCUT2D eigenvalue weighted by Gasteiger charge is 2.32. The number of ether oxygens (including phenoxy) is 1. The lowest BCUT2D eigenvalue weighted by molar-refractivity contribution is -0.384. The van der Waals surface area contributed by atoms with E-state index in [-0.39, 0.29) is 36.1 Å². The Labute approximate surface area is 161 Å². The van der Waals surface area contributed by atoms with Crippen LogP contribution in [0, 0.1) is 15.5 Å². The lowest BCUT2D eigenvalue weighted by Crippen LogP contribution is -2.47. The Kier molecular flexibility index (Phi) is 4.84. The van der Waals surface area contributed by atoms with Crippen molar-refractivity contribution in [2.24, 2.45) is 5.41 Å². The molecule has 1 aliphatic heterocycles. The number of carboxylic acid groups (broad SMARTS) is 1. The van der Waals surface area contributed by atoms with Crippen molar-refractivity contribution in [3.63, 3.8) is 0 Å². The topological polar surface area (TPSA) is 135 Å². The zero-order valence-corrected chi connectivity index (χ0v) is 15.8. The number of rotatable bonds is 2. The van der Waals surface area contributed by atoms with Gasteiger partial charge in [-0.05, 0) is 17.7 Å². The molecule has 3 rings (SSSR count). The molecule has 28 heavy (non-hydrogen) atoms. The summed E-state index contributed by atoms with van der Waals surface area (Å²) in [4.78, 5) is 27.2. The molecule has 1 unspecified atom stereocenters. The van der Waals surface area contributed by atoms with Gasteiger partial charge in [-0.15, -0.1) is 0 Å². The summed E-state index contributed by atoms with van der Waals surface area (Å²) in [5.41, 5.74) is 6.78. The Hall–Kier alpha value is -3.36. The summed E-state index contributed by atoms with van der Waals surface area (Å²) in [5, 5.41) is 22.7. The molecule has 0 fully saturated rings. The van der Waals surface area contributed by atoms with E-state index >= 15 is 0 Å². The third-order valence-corrected chi connectivity index (χ3v) is 4.73. The molecule has 148 valence electrons. The first-order valence-corrected chi connectivity index (χ1v) is 8.72. The summed E-state index contributed by atoms with van der Waals surface area (Å²) in [6, 6.07) is 6.58. The minimum absolute atomic E-state index is 0.0998. The summed E-state index contributed by atoms with van der Waals surface area (Å²) in [6.07, 6.45) is -0.187. The summed E-state index contributed by atoms with van der Waals surface area (Å²) >= 11 is 0. The number of nitrogens with two attached hydrogens (primary N) is 1. The molecule has 0 bridgehead atoms. The summed E-state index contributed by atoms with van der Waals surface area (Å²) < 4.78 is 6.10. The van der Waals surface area contributed by atoms with Gasteiger partial charge in [-0.3, -0.25) is 10.1 Å². The van der Waals surface area contributed by atoms with Gasteiger partial charge in [0.05, 0.1) is 11.5 Å². The summed E-state index contributed by atoms with van der Waals surface area (Å²) in [7, 11) is 0. The zero-order chi connectivity index (χ0) is 20.6. The molecule has 9 nitrogen and oxygen atoms in total. The van der Waals surface area contributed by atoms with E-state index in [2.05, 4.69) is 4.98 Å². The smallest absolute Gasteiger partial charge is 0.311 e. The molecule has 1 aromatic carbocycles. The maximum Gasteiger partial charge on any atom is 0.311 e. The van der Waals surface area contributed by atoms with Crippen molar-refractivity contribution < 1.29 is 19.6 Å².